The molecule has 9 heteroatoms. The Morgan fingerprint density at radius 2 is 1.30 bits per heavy atom. The third-order valence-corrected chi connectivity index (χ3v) is 8.69. The summed E-state index contributed by atoms with van der Waals surface area (Å²) in [4.78, 5) is 66.3. The number of amides is 3. The second kappa shape index (κ2) is 11.5. The average molecular weight is 581 g/mol. The molecule has 7 rings (SSSR count). The van der Waals surface area contributed by atoms with Gasteiger partial charge in [-0.05, 0) is 59.9 Å². The first-order valence-electron chi connectivity index (χ1n) is 14.6. The molecule has 1 aliphatic heterocycles. The first kappa shape index (κ1) is 28.3. The Morgan fingerprint density at radius 3 is 1.79 bits per heavy atom. The number of esters is 2. The lowest BCUT2D eigenvalue weighted by molar-refractivity contribution is -0.159. The van der Waals surface area contributed by atoms with Crippen LogP contribution in [-0.2, 0) is 28.7 Å². The van der Waals surface area contributed by atoms with E-state index in [1.807, 2.05) is 55.5 Å². The van der Waals surface area contributed by atoms with E-state index in [0.29, 0.717) is 17.9 Å². The summed E-state index contributed by atoms with van der Waals surface area (Å²) in [6.07, 6.45) is 1.69. The van der Waals surface area contributed by atoms with Crippen LogP contribution in [0.1, 0.15) is 71.1 Å². The molecule has 0 radical (unpaired) electrons. The van der Waals surface area contributed by atoms with Gasteiger partial charge in [0.2, 0.25) is 11.8 Å². The van der Waals surface area contributed by atoms with Gasteiger partial charge in [-0.25, -0.2) is 9.59 Å². The molecule has 1 N–H and O–H groups in total. The van der Waals surface area contributed by atoms with Crippen LogP contribution in [0.2, 0.25) is 0 Å². The van der Waals surface area contributed by atoms with Crippen molar-refractivity contribution in [3.8, 4) is 0 Å². The van der Waals surface area contributed by atoms with E-state index >= 15 is 0 Å². The van der Waals surface area contributed by atoms with Gasteiger partial charge in [-0.2, -0.15) is 0 Å². The Kier molecular flexibility index (Phi) is 7.56. The topological polar surface area (TPSA) is 119 Å². The van der Waals surface area contributed by atoms with Crippen LogP contribution in [0.3, 0.4) is 0 Å². The van der Waals surface area contributed by atoms with Crippen molar-refractivity contribution in [2.75, 3.05) is 18.5 Å². The summed E-state index contributed by atoms with van der Waals surface area (Å²) in [7, 11) is 0. The number of benzene rings is 3. The number of rotatable bonds is 9. The molecule has 9 nitrogen and oxygen atoms in total. The lowest BCUT2D eigenvalue weighted by atomic mass is 9.55. The van der Waals surface area contributed by atoms with Crippen LogP contribution in [0, 0.1) is 11.8 Å². The fourth-order valence-corrected chi connectivity index (χ4v) is 6.72. The monoisotopic (exact) mass is 580 g/mol. The molecule has 3 atom stereocenters. The molecule has 3 amide bonds. The van der Waals surface area contributed by atoms with Crippen LogP contribution >= 0.6 is 0 Å². The SMILES string of the molecule is CCCCOC(=O)c1ccc(NC(=O)COC(=O)[C@H](C)N2C(=O)[C@@H]3C4c5ccccc5C(c5ccccc54)[C@@H]3C2=O)cc1. The highest BCUT2D eigenvalue weighted by molar-refractivity contribution is 6.10. The van der Waals surface area contributed by atoms with Crippen molar-refractivity contribution in [3.05, 3.63) is 101 Å². The highest BCUT2D eigenvalue weighted by atomic mass is 16.5. The highest BCUT2D eigenvalue weighted by Gasteiger charge is 2.62. The molecule has 0 unspecified atom stereocenters. The molecule has 0 saturated carbocycles. The molecule has 2 bridgehead atoms. The molecule has 0 spiro atoms. The molecule has 220 valence electrons. The van der Waals surface area contributed by atoms with E-state index in [1.165, 1.54) is 19.1 Å². The van der Waals surface area contributed by atoms with E-state index in [4.69, 9.17) is 9.47 Å². The molecule has 3 aromatic rings. The smallest absolute Gasteiger partial charge is 0.338 e. The normalized spacial score (nSPS) is 21.9. The summed E-state index contributed by atoms with van der Waals surface area (Å²) in [6, 6.07) is 20.8. The minimum Gasteiger partial charge on any atom is -0.462 e. The van der Waals surface area contributed by atoms with Crippen LogP contribution in [0.4, 0.5) is 5.69 Å². The van der Waals surface area contributed by atoms with Crippen molar-refractivity contribution < 1.29 is 33.4 Å². The second-order valence-corrected chi connectivity index (χ2v) is 11.2. The van der Waals surface area contributed by atoms with Crippen molar-refractivity contribution in [1.82, 2.24) is 4.90 Å². The van der Waals surface area contributed by atoms with Crippen molar-refractivity contribution in [1.29, 1.82) is 0 Å². The number of anilines is 1. The number of unbranched alkanes of at least 4 members (excludes halogenated alkanes) is 1. The zero-order valence-corrected chi connectivity index (χ0v) is 23.9. The largest absolute Gasteiger partial charge is 0.462 e. The summed E-state index contributed by atoms with van der Waals surface area (Å²) in [5.74, 6) is -4.43. The van der Waals surface area contributed by atoms with Crippen molar-refractivity contribution in [2.24, 2.45) is 11.8 Å². The van der Waals surface area contributed by atoms with E-state index in [-0.39, 0.29) is 11.8 Å². The Hall–Kier alpha value is -4.79. The predicted molar refractivity (Wildman–Crippen MR) is 156 cm³/mol. The van der Waals surface area contributed by atoms with Crippen LogP contribution in [-0.4, -0.2) is 53.8 Å². The Bertz CT molecular complexity index is 1500. The lowest BCUT2D eigenvalue weighted by Crippen LogP contribution is -2.45. The Morgan fingerprint density at radius 1 is 0.791 bits per heavy atom. The number of likely N-dealkylation sites (tertiary alicyclic amines) is 1. The highest BCUT2D eigenvalue weighted by Crippen LogP contribution is 2.61. The van der Waals surface area contributed by atoms with E-state index < -0.39 is 54.1 Å². The van der Waals surface area contributed by atoms with Gasteiger partial charge in [-0.3, -0.25) is 19.3 Å². The van der Waals surface area contributed by atoms with Crippen LogP contribution in [0.5, 0.6) is 0 Å². The summed E-state index contributed by atoms with van der Waals surface area (Å²) in [5.41, 5.74) is 4.94. The maximum Gasteiger partial charge on any atom is 0.338 e. The van der Waals surface area contributed by atoms with Gasteiger partial charge in [0.15, 0.2) is 6.61 Å². The van der Waals surface area contributed by atoms with Crippen LogP contribution in [0.15, 0.2) is 72.8 Å². The minimum atomic E-state index is -1.19. The molecule has 3 aromatic carbocycles. The number of imide groups is 1. The first-order chi connectivity index (χ1) is 20.8. The quantitative estimate of drug-likeness (QED) is 0.226. The van der Waals surface area contributed by atoms with Crippen molar-refractivity contribution >= 4 is 35.3 Å². The zero-order valence-electron chi connectivity index (χ0n) is 23.9. The fraction of sp³-hybridized carbons (Fsp3) is 0.324. The van der Waals surface area contributed by atoms with Crippen LogP contribution in [0.25, 0.3) is 0 Å². The van der Waals surface area contributed by atoms with Crippen molar-refractivity contribution in [3.63, 3.8) is 0 Å². The lowest BCUT2D eigenvalue weighted by Gasteiger charge is -2.45. The van der Waals surface area contributed by atoms with E-state index in [2.05, 4.69) is 5.32 Å². The molecule has 3 aliphatic carbocycles. The molecular formula is C34H32N2O7. The fourth-order valence-electron chi connectivity index (χ4n) is 6.72. The molecule has 0 aromatic heterocycles. The number of ether oxygens (including phenoxy) is 2. The van der Waals surface area contributed by atoms with Gasteiger partial charge in [-0.15, -0.1) is 0 Å². The number of carbonyl (C=O) groups excluding carboxylic acids is 5. The minimum absolute atomic E-state index is 0.276. The molecule has 1 saturated heterocycles. The average Bonchev–Trinajstić information content (AvgIpc) is 3.29. The standard InChI is InChI=1S/C34H32N2O7/c1-3-4-17-42-34(41)20-13-15-21(16-14-20)35-26(37)18-43-33(40)19(2)36-31(38)29-27-22-9-5-6-10-23(22)28(30(29)32(36)39)25-12-8-7-11-24(25)27/h5-16,19,27-30H,3-4,17-18H2,1-2H3,(H,35,37)/t19-,27?,28?,29-,30+/m0/s1. The second-order valence-electron chi connectivity index (χ2n) is 11.2. The van der Waals surface area contributed by atoms with Crippen molar-refractivity contribution in [2.45, 2.75) is 44.6 Å². The van der Waals surface area contributed by atoms with Gasteiger partial charge in [0.05, 0.1) is 24.0 Å². The van der Waals surface area contributed by atoms with Crippen LogP contribution < -0.4 is 5.32 Å². The number of nitrogens with zero attached hydrogens (tertiary/aromatic N) is 1. The number of carbonyl (C=O) groups is 5. The summed E-state index contributed by atoms with van der Waals surface area (Å²) < 4.78 is 10.4. The van der Waals surface area contributed by atoms with Gasteiger partial charge in [-0.1, -0.05) is 61.9 Å². The number of nitrogens with one attached hydrogen (secondary N) is 1. The van der Waals surface area contributed by atoms with Gasteiger partial charge in [0.25, 0.3) is 5.91 Å². The third kappa shape index (κ3) is 4.88. The predicted octanol–water partition coefficient (Wildman–Crippen LogP) is 4.41. The molecule has 1 heterocycles. The summed E-state index contributed by atoms with van der Waals surface area (Å²) in [6.45, 7) is 3.20. The molecular weight excluding hydrogens is 548 g/mol. The zero-order chi connectivity index (χ0) is 30.2. The van der Waals surface area contributed by atoms with E-state index in [0.717, 1.165) is 40.0 Å². The number of hydrogen-bond acceptors (Lipinski definition) is 7. The van der Waals surface area contributed by atoms with E-state index in [1.54, 1.807) is 12.1 Å². The maximum absolute atomic E-state index is 13.8. The molecule has 43 heavy (non-hydrogen) atoms. The molecule has 4 aliphatic rings. The van der Waals surface area contributed by atoms with Gasteiger partial charge in [0.1, 0.15) is 6.04 Å². The summed E-state index contributed by atoms with van der Waals surface area (Å²) >= 11 is 0. The van der Waals surface area contributed by atoms with E-state index in [9.17, 15) is 24.0 Å². The molecule has 1 fully saturated rings. The Labute approximate surface area is 249 Å². The third-order valence-electron chi connectivity index (χ3n) is 8.69. The Balaban J connectivity index is 1.10. The number of hydrogen-bond donors (Lipinski definition) is 1. The van der Waals surface area contributed by atoms with Gasteiger partial charge < -0.3 is 14.8 Å². The summed E-state index contributed by atoms with van der Waals surface area (Å²) in [5, 5.41) is 2.61. The first-order valence-corrected chi connectivity index (χ1v) is 14.6. The maximum atomic E-state index is 13.8. The van der Waals surface area contributed by atoms with Gasteiger partial charge >= 0.3 is 11.9 Å². The van der Waals surface area contributed by atoms with Gasteiger partial charge in [0, 0.05) is 17.5 Å².